The lowest BCUT2D eigenvalue weighted by Gasteiger charge is -2.22. The molecule has 0 unspecified atom stereocenters. The Labute approximate surface area is 162 Å². The Bertz CT molecular complexity index is 800. The Hall–Kier alpha value is -2.39. The van der Waals surface area contributed by atoms with Crippen molar-refractivity contribution < 1.29 is 14.3 Å². The third-order valence-corrected chi connectivity index (χ3v) is 4.24. The third kappa shape index (κ3) is 5.30. The summed E-state index contributed by atoms with van der Waals surface area (Å²) < 4.78 is 10.5. The fourth-order valence-electron chi connectivity index (χ4n) is 2.03. The zero-order valence-electron chi connectivity index (χ0n) is 15.3. The number of rotatable bonds is 4. The van der Waals surface area contributed by atoms with Crippen LogP contribution in [0.5, 0.6) is 11.5 Å². The molecule has 0 fully saturated rings. The summed E-state index contributed by atoms with van der Waals surface area (Å²) in [6, 6.07) is 5.48. The zero-order valence-corrected chi connectivity index (χ0v) is 16.9. The molecule has 0 radical (unpaired) electrons. The predicted octanol–water partition coefficient (Wildman–Crippen LogP) is 2.73. The van der Waals surface area contributed by atoms with Gasteiger partial charge in [0.25, 0.3) is 5.91 Å². The van der Waals surface area contributed by atoms with Crippen LogP contribution in [0.15, 0.2) is 23.6 Å². The Morgan fingerprint density at radius 1 is 1.15 bits per heavy atom. The number of nitrogens with one attached hydrogen (secondary N) is 3. The number of hydrazine groups is 1. The molecule has 7 nitrogen and oxygen atoms in total. The summed E-state index contributed by atoms with van der Waals surface area (Å²) in [6.07, 6.45) is 0. The highest BCUT2D eigenvalue weighted by Crippen LogP contribution is 2.33. The van der Waals surface area contributed by atoms with Crippen LogP contribution in [0.25, 0.3) is 10.6 Å². The van der Waals surface area contributed by atoms with E-state index in [9.17, 15) is 4.79 Å². The number of methoxy groups -OCH3 is 2. The quantitative estimate of drug-likeness (QED) is 0.543. The molecule has 1 aromatic heterocycles. The maximum absolute atomic E-state index is 12.2. The van der Waals surface area contributed by atoms with E-state index >= 15 is 0 Å². The van der Waals surface area contributed by atoms with Crippen LogP contribution in [-0.2, 0) is 0 Å². The van der Waals surface area contributed by atoms with Gasteiger partial charge in [-0.1, -0.05) is 0 Å². The normalized spacial score (nSPS) is 10.8. The summed E-state index contributed by atoms with van der Waals surface area (Å²) in [6.45, 7) is 5.91. The first-order valence-corrected chi connectivity index (χ1v) is 9.08. The molecule has 0 saturated heterocycles. The number of amides is 1. The molecular formula is C17H22N4O3S2. The van der Waals surface area contributed by atoms with Crippen molar-refractivity contribution in [3.8, 4) is 22.1 Å². The first-order chi connectivity index (χ1) is 12.2. The third-order valence-electron chi connectivity index (χ3n) is 3.15. The molecule has 2 rings (SSSR count). The summed E-state index contributed by atoms with van der Waals surface area (Å²) >= 11 is 6.49. The standard InChI is InChI=1S/C17H22N4O3S2/c1-17(2,3)19-16(25)21-20-14(22)11-9-26-15(18-11)10-6-7-12(23-4)13(8-10)24-5/h6-9H,1-5H3,(H,20,22)(H2,19,21,25). The number of benzene rings is 1. The van der Waals surface area contributed by atoms with Gasteiger partial charge >= 0.3 is 0 Å². The van der Waals surface area contributed by atoms with Gasteiger partial charge in [-0.2, -0.15) is 0 Å². The highest BCUT2D eigenvalue weighted by Gasteiger charge is 2.15. The highest BCUT2D eigenvalue weighted by atomic mass is 32.1. The number of thiazole rings is 1. The van der Waals surface area contributed by atoms with Gasteiger partial charge in [-0.3, -0.25) is 15.6 Å². The number of carbonyl (C=O) groups is 1. The SMILES string of the molecule is COc1ccc(-c2nc(C(=O)NNC(=S)NC(C)(C)C)cs2)cc1OC. The zero-order chi connectivity index (χ0) is 19.3. The van der Waals surface area contributed by atoms with E-state index in [1.807, 2.05) is 32.9 Å². The van der Waals surface area contributed by atoms with E-state index < -0.39 is 0 Å². The fraction of sp³-hybridized carbons (Fsp3) is 0.353. The summed E-state index contributed by atoms with van der Waals surface area (Å²) in [5, 5.41) is 5.76. The minimum Gasteiger partial charge on any atom is -0.493 e. The van der Waals surface area contributed by atoms with E-state index in [1.165, 1.54) is 11.3 Å². The van der Waals surface area contributed by atoms with Gasteiger partial charge in [-0.05, 0) is 51.2 Å². The smallest absolute Gasteiger partial charge is 0.289 e. The molecule has 140 valence electrons. The average molecular weight is 395 g/mol. The van der Waals surface area contributed by atoms with Crippen molar-refractivity contribution in [2.24, 2.45) is 0 Å². The Balaban J connectivity index is 2.05. The van der Waals surface area contributed by atoms with E-state index in [4.69, 9.17) is 21.7 Å². The highest BCUT2D eigenvalue weighted by molar-refractivity contribution is 7.80. The van der Waals surface area contributed by atoms with Crippen LogP contribution in [0.1, 0.15) is 31.3 Å². The predicted molar refractivity (Wildman–Crippen MR) is 107 cm³/mol. The first kappa shape index (κ1) is 19.9. The number of hydrogen-bond donors (Lipinski definition) is 3. The van der Waals surface area contributed by atoms with Crippen molar-refractivity contribution in [3.63, 3.8) is 0 Å². The van der Waals surface area contributed by atoms with Crippen molar-refractivity contribution in [2.45, 2.75) is 26.3 Å². The van der Waals surface area contributed by atoms with Gasteiger partial charge in [-0.15, -0.1) is 11.3 Å². The molecule has 1 heterocycles. The van der Waals surface area contributed by atoms with Crippen LogP contribution in [0.3, 0.4) is 0 Å². The minimum absolute atomic E-state index is 0.198. The second-order valence-corrected chi connectivity index (χ2v) is 7.66. The first-order valence-electron chi connectivity index (χ1n) is 7.80. The fourth-order valence-corrected chi connectivity index (χ4v) is 3.18. The molecule has 26 heavy (non-hydrogen) atoms. The maximum Gasteiger partial charge on any atom is 0.289 e. The average Bonchev–Trinajstić information content (AvgIpc) is 3.07. The molecule has 0 saturated carbocycles. The van der Waals surface area contributed by atoms with E-state index in [1.54, 1.807) is 25.7 Å². The molecule has 0 bridgehead atoms. The van der Waals surface area contributed by atoms with Gasteiger partial charge < -0.3 is 14.8 Å². The van der Waals surface area contributed by atoms with E-state index in [0.29, 0.717) is 27.3 Å². The molecule has 1 aromatic carbocycles. The van der Waals surface area contributed by atoms with Crippen LogP contribution < -0.4 is 25.6 Å². The molecule has 0 spiro atoms. The molecule has 0 aliphatic carbocycles. The van der Waals surface area contributed by atoms with Gasteiger partial charge in [0.1, 0.15) is 10.7 Å². The van der Waals surface area contributed by atoms with Crippen molar-refractivity contribution in [3.05, 3.63) is 29.3 Å². The van der Waals surface area contributed by atoms with Gasteiger partial charge in [0.15, 0.2) is 16.6 Å². The lowest BCUT2D eigenvalue weighted by Crippen LogP contribution is -2.52. The summed E-state index contributed by atoms with van der Waals surface area (Å²) in [7, 11) is 3.15. The van der Waals surface area contributed by atoms with Gasteiger partial charge in [0.2, 0.25) is 0 Å². The second kappa shape index (κ2) is 8.33. The number of thiocarbonyl (C=S) groups is 1. The van der Waals surface area contributed by atoms with Crippen molar-refractivity contribution >= 4 is 34.6 Å². The molecule has 9 heteroatoms. The molecule has 1 amide bonds. The number of carbonyl (C=O) groups excluding carboxylic acids is 1. The van der Waals surface area contributed by atoms with Crippen molar-refractivity contribution in [2.75, 3.05) is 14.2 Å². The molecule has 0 aliphatic heterocycles. The molecule has 0 aliphatic rings. The van der Waals surface area contributed by atoms with E-state index in [0.717, 1.165) is 5.56 Å². The molecule has 0 atom stereocenters. The Morgan fingerprint density at radius 2 is 1.85 bits per heavy atom. The lowest BCUT2D eigenvalue weighted by atomic mass is 10.1. The number of aromatic nitrogens is 1. The summed E-state index contributed by atoms with van der Waals surface area (Å²) in [5.74, 6) is 0.868. The van der Waals surface area contributed by atoms with Crippen LogP contribution >= 0.6 is 23.6 Å². The van der Waals surface area contributed by atoms with Gasteiger partial charge in [0.05, 0.1) is 14.2 Å². The molecule has 3 N–H and O–H groups in total. The minimum atomic E-state index is -0.369. The van der Waals surface area contributed by atoms with Crippen molar-refractivity contribution in [1.82, 2.24) is 21.2 Å². The Morgan fingerprint density at radius 3 is 2.46 bits per heavy atom. The lowest BCUT2D eigenvalue weighted by molar-refractivity contribution is 0.0939. The maximum atomic E-state index is 12.2. The number of nitrogens with zero attached hydrogens (tertiary/aromatic N) is 1. The summed E-state index contributed by atoms with van der Waals surface area (Å²) in [4.78, 5) is 16.6. The van der Waals surface area contributed by atoms with Crippen LogP contribution in [0, 0.1) is 0 Å². The number of hydrogen-bond acceptors (Lipinski definition) is 6. The monoisotopic (exact) mass is 394 g/mol. The van der Waals surface area contributed by atoms with Gasteiger partial charge in [0, 0.05) is 16.5 Å². The van der Waals surface area contributed by atoms with Crippen LogP contribution in [0.4, 0.5) is 0 Å². The van der Waals surface area contributed by atoms with Crippen molar-refractivity contribution in [1.29, 1.82) is 0 Å². The summed E-state index contributed by atoms with van der Waals surface area (Å²) in [5.41, 5.74) is 6.14. The molecular weight excluding hydrogens is 372 g/mol. The number of ether oxygens (including phenoxy) is 2. The van der Waals surface area contributed by atoms with Crippen LogP contribution in [0.2, 0.25) is 0 Å². The van der Waals surface area contributed by atoms with E-state index in [-0.39, 0.29) is 11.4 Å². The van der Waals surface area contributed by atoms with Crippen LogP contribution in [-0.4, -0.2) is 35.8 Å². The van der Waals surface area contributed by atoms with E-state index in [2.05, 4.69) is 21.2 Å². The molecule has 2 aromatic rings. The second-order valence-electron chi connectivity index (χ2n) is 6.39. The largest absolute Gasteiger partial charge is 0.493 e. The topological polar surface area (TPSA) is 84.5 Å². The van der Waals surface area contributed by atoms with Gasteiger partial charge in [-0.25, -0.2) is 4.98 Å². The Kier molecular flexibility index (Phi) is 6.38.